The van der Waals surface area contributed by atoms with Crippen LogP contribution in [0.25, 0.3) is 0 Å². The van der Waals surface area contributed by atoms with Crippen LogP contribution in [0.15, 0.2) is 0 Å². The Kier molecular flexibility index (Phi) is 12.0. The molecule has 0 saturated carbocycles. The van der Waals surface area contributed by atoms with Gasteiger partial charge in [0.15, 0.2) is 0 Å². The number of ether oxygens (including phenoxy) is 2. The summed E-state index contributed by atoms with van der Waals surface area (Å²) in [6, 6.07) is 0. The molecule has 3 N–H and O–H groups in total. The third-order valence-corrected chi connectivity index (χ3v) is 6.63. The highest BCUT2D eigenvalue weighted by Crippen LogP contribution is 2.34. The van der Waals surface area contributed by atoms with Gasteiger partial charge in [0.25, 0.3) is 0 Å². The monoisotopic (exact) mass is 400 g/mol. The lowest BCUT2D eigenvalue weighted by atomic mass is 9.90. The van der Waals surface area contributed by atoms with E-state index in [9.17, 15) is 10.2 Å². The first-order valence-corrected chi connectivity index (χ1v) is 11.9. The summed E-state index contributed by atoms with van der Waals surface area (Å²) in [5.41, 5.74) is 0. The molecule has 0 aromatic carbocycles. The SMILES string of the molecule is CCCCCCCCCC[C@@H](O)[C@H]1CO[C@H]([C@H]2C[C@@H]([C@H](O)CCCO)CO2)C1. The van der Waals surface area contributed by atoms with Crippen molar-refractivity contribution in [2.75, 3.05) is 19.8 Å². The molecular weight excluding hydrogens is 356 g/mol. The van der Waals surface area contributed by atoms with Gasteiger partial charge < -0.3 is 24.8 Å². The fourth-order valence-corrected chi connectivity index (χ4v) is 4.68. The Balaban J connectivity index is 1.56. The summed E-state index contributed by atoms with van der Waals surface area (Å²) in [5.74, 6) is 0.359. The molecule has 2 rings (SSSR count). The van der Waals surface area contributed by atoms with E-state index in [-0.39, 0.29) is 36.8 Å². The van der Waals surface area contributed by atoms with Gasteiger partial charge in [0.2, 0.25) is 0 Å². The van der Waals surface area contributed by atoms with Crippen LogP contribution in [-0.4, -0.2) is 59.6 Å². The van der Waals surface area contributed by atoms with Crippen LogP contribution in [0, 0.1) is 11.8 Å². The molecule has 0 radical (unpaired) electrons. The highest BCUT2D eigenvalue weighted by molar-refractivity contribution is 4.89. The maximum absolute atomic E-state index is 10.5. The van der Waals surface area contributed by atoms with Gasteiger partial charge in [-0.1, -0.05) is 58.3 Å². The average Bonchev–Trinajstić information content (AvgIpc) is 3.37. The van der Waals surface area contributed by atoms with Crippen molar-refractivity contribution in [3.8, 4) is 0 Å². The zero-order valence-corrected chi connectivity index (χ0v) is 17.9. The molecule has 2 saturated heterocycles. The first kappa shape index (κ1) is 24.1. The minimum atomic E-state index is -0.401. The maximum atomic E-state index is 10.5. The molecule has 28 heavy (non-hydrogen) atoms. The molecule has 2 aliphatic rings. The van der Waals surface area contributed by atoms with Crippen LogP contribution in [0.3, 0.4) is 0 Å². The van der Waals surface area contributed by atoms with E-state index in [4.69, 9.17) is 14.6 Å². The molecule has 0 aliphatic carbocycles. The fourth-order valence-electron chi connectivity index (χ4n) is 4.68. The van der Waals surface area contributed by atoms with Crippen LogP contribution in [0.4, 0.5) is 0 Å². The topological polar surface area (TPSA) is 79.2 Å². The van der Waals surface area contributed by atoms with Gasteiger partial charge in [0.1, 0.15) is 0 Å². The molecule has 0 spiro atoms. The minimum Gasteiger partial charge on any atom is -0.396 e. The number of aliphatic hydroxyl groups excluding tert-OH is 3. The molecular formula is C23H44O5. The lowest BCUT2D eigenvalue weighted by Gasteiger charge is -2.19. The number of hydrogen-bond donors (Lipinski definition) is 3. The highest BCUT2D eigenvalue weighted by atomic mass is 16.5. The summed E-state index contributed by atoms with van der Waals surface area (Å²) >= 11 is 0. The highest BCUT2D eigenvalue weighted by Gasteiger charge is 2.40. The Morgan fingerprint density at radius 2 is 1.18 bits per heavy atom. The molecule has 2 aliphatic heterocycles. The summed E-state index contributed by atoms with van der Waals surface area (Å²) in [4.78, 5) is 0. The van der Waals surface area contributed by atoms with E-state index >= 15 is 0 Å². The molecule has 0 amide bonds. The molecule has 5 heteroatoms. The molecule has 0 unspecified atom stereocenters. The number of aliphatic hydroxyl groups is 3. The van der Waals surface area contributed by atoms with Gasteiger partial charge in [0.05, 0.1) is 37.6 Å². The van der Waals surface area contributed by atoms with Crippen LogP contribution < -0.4 is 0 Å². The van der Waals surface area contributed by atoms with Crippen molar-refractivity contribution in [3.63, 3.8) is 0 Å². The summed E-state index contributed by atoms with van der Waals surface area (Å²) in [7, 11) is 0. The summed E-state index contributed by atoms with van der Waals surface area (Å²) < 4.78 is 11.9. The van der Waals surface area contributed by atoms with Crippen molar-refractivity contribution in [3.05, 3.63) is 0 Å². The predicted molar refractivity (Wildman–Crippen MR) is 111 cm³/mol. The molecule has 166 valence electrons. The first-order chi connectivity index (χ1) is 13.7. The Morgan fingerprint density at radius 3 is 1.68 bits per heavy atom. The largest absolute Gasteiger partial charge is 0.396 e. The zero-order chi connectivity index (χ0) is 20.2. The van der Waals surface area contributed by atoms with Crippen LogP contribution in [0.2, 0.25) is 0 Å². The predicted octanol–water partition coefficient (Wildman–Crippen LogP) is 3.82. The van der Waals surface area contributed by atoms with Crippen molar-refractivity contribution in [1.82, 2.24) is 0 Å². The average molecular weight is 401 g/mol. The van der Waals surface area contributed by atoms with Crippen molar-refractivity contribution in [2.24, 2.45) is 11.8 Å². The standard InChI is InChI=1S/C23H44O5/c1-2-3-4-5-6-7-8-9-11-20(25)18-14-22(27-16-18)23-15-19(17-28-23)21(26)12-10-13-24/h18-26H,2-17H2,1H3/t18-,19-,20-,21-,22+,23-/m1/s1. The molecule has 0 bridgehead atoms. The first-order valence-electron chi connectivity index (χ1n) is 11.9. The van der Waals surface area contributed by atoms with Gasteiger partial charge in [0, 0.05) is 18.4 Å². The summed E-state index contributed by atoms with van der Waals surface area (Å²) in [6.45, 7) is 3.57. The van der Waals surface area contributed by atoms with Gasteiger partial charge in [-0.05, 0) is 32.1 Å². The smallest absolute Gasteiger partial charge is 0.0841 e. The Morgan fingerprint density at radius 1 is 0.714 bits per heavy atom. The fraction of sp³-hybridized carbons (Fsp3) is 1.00. The van der Waals surface area contributed by atoms with Crippen LogP contribution in [-0.2, 0) is 9.47 Å². The van der Waals surface area contributed by atoms with Crippen molar-refractivity contribution in [1.29, 1.82) is 0 Å². The molecule has 6 atom stereocenters. The minimum absolute atomic E-state index is 0.0362. The van der Waals surface area contributed by atoms with Crippen molar-refractivity contribution < 1.29 is 24.8 Å². The van der Waals surface area contributed by atoms with E-state index in [1.165, 1.54) is 44.9 Å². The Labute approximate surface area is 171 Å². The van der Waals surface area contributed by atoms with E-state index in [1.807, 2.05) is 0 Å². The third-order valence-electron chi connectivity index (χ3n) is 6.63. The van der Waals surface area contributed by atoms with Crippen LogP contribution in [0.5, 0.6) is 0 Å². The van der Waals surface area contributed by atoms with E-state index in [2.05, 4.69) is 6.92 Å². The van der Waals surface area contributed by atoms with E-state index in [0.717, 1.165) is 25.7 Å². The lowest BCUT2D eigenvalue weighted by molar-refractivity contribution is -0.0198. The van der Waals surface area contributed by atoms with Crippen molar-refractivity contribution >= 4 is 0 Å². The van der Waals surface area contributed by atoms with Gasteiger partial charge in [-0.15, -0.1) is 0 Å². The molecule has 5 nitrogen and oxygen atoms in total. The van der Waals surface area contributed by atoms with Gasteiger partial charge in [-0.3, -0.25) is 0 Å². The van der Waals surface area contributed by atoms with E-state index in [0.29, 0.717) is 26.1 Å². The summed E-state index contributed by atoms with van der Waals surface area (Å²) in [6.07, 6.45) is 13.6. The molecule has 0 aromatic rings. The van der Waals surface area contributed by atoms with Crippen LogP contribution in [0.1, 0.15) is 90.4 Å². The normalized spacial score (nSPS) is 30.0. The second-order valence-electron chi connectivity index (χ2n) is 9.00. The quantitative estimate of drug-likeness (QED) is 0.364. The molecule has 2 fully saturated rings. The number of hydrogen-bond acceptors (Lipinski definition) is 5. The molecule has 0 aromatic heterocycles. The van der Waals surface area contributed by atoms with E-state index < -0.39 is 6.10 Å². The van der Waals surface area contributed by atoms with Gasteiger partial charge in [-0.2, -0.15) is 0 Å². The molecule has 2 heterocycles. The summed E-state index contributed by atoms with van der Waals surface area (Å²) in [5, 5.41) is 29.7. The number of unbranched alkanes of at least 4 members (excludes halogenated alkanes) is 7. The third kappa shape index (κ3) is 8.27. The maximum Gasteiger partial charge on any atom is 0.0841 e. The second kappa shape index (κ2) is 13.9. The lowest BCUT2D eigenvalue weighted by Crippen LogP contribution is -2.27. The van der Waals surface area contributed by atoms with Gasteiger partial charge in [-0.25, -0.2) is 0 Å². The Hall–Kier alpha value is -0.200. The van der Waals surface area contributed by atoms with Crippen molar-refractivity contribution in [2.45, 2.75) is 115 Å². The Bertz CT molecular complexity index is 391. The second-order valence-corrected chi connectivity index (χ2v) is 9.00. The van der Waals surface area contributed by atoms with Gasteiger partial charge >= 0.3 is 0 Å². The number of rotatable bonds is 15. The zero-order valence-electron chi connectivity index (χ0n) is 17.9. The van der Waals surface area contributed by atoms with Crippen LogP contribution >= 0.6 is 0 Å². The van der Waals surface area contributed by atoms with E-state index in [1.54, 1.807) is 0 Å².